The number of imidazole rings is 1. The lowest BCUT2D eigenvalue weighted by Crippen LogP contribution is -2.02. The van der Waals surface area contributed by atoms with Gasteiger partial charge in [-0.15, -0.1) is 10.2 Å². The molecule has 7 heteroatoms. The number of nitrogens with zero attached hydrogens (tertiary/aromatic N) is 4. The molecular weight excluding hydrogens is 366 g/mol. The van der Waals surface area contributed by atoms with Gasteiger partial charge in [0.05, 0.1) is 11.0 Å². The second-order valence-electron chi connectivity index (χ2n) is 6.07. The number of aryl methyl sites for hydroxylation is 2. The second-order valence-corrected chi connectivity index (χ2v) is 7.45. The maximum absolute atomic E-state index is 5.93. The van der Waals surface area contributed by atoms with E-state index in [0.29, 0.717) is 0 Å². The van der Waals surface area contributed by atoms with E-state index in [2.05, 4.69) is 24.7 Å². The van der Waals surface area contributed by atoms with Gasteiger partial charge >= 0.3 is 0 Å². The molecule has 132 valence electrons. The van der Waals surface area contributed by atoms with Crippen LogP contribution < -0.4 is 0 Å². The third-order valence-corrected chi connectivity index (χ3v) is 5.57. The van der Waals surface area contributed by atoms with Crippen molar-refractivity contribution < 1.29 is 0 Å². The quantitative estimate of drug-likeness (QED) is 0.500. The summed E-state index contributed by atoms with van der Waals surface area (Å²) in [7, 11) is 2.01. The van der Waals surface area contributed by atoms with E-state index in [1.807, 2.05) is 55.6 Å². The van der Waals surface area contributed by atoms with Gasteiger partial charge in [0.2, 0.25) is 0 Å². The van der Waals surface area contributed by atoms with Crippen molar-refractivity contribution >= 4 is 34.4 Å². The van der Waals surface area contributed by atoms with Gasteiger partial charge in [0.1, 0.15) is 11.6 Å². The molecule has 0 atom stereocenters. The Bertz CT molecular complexity index is 989. The zero-order valence-electron chi connectivity index (χ0n) is 14.3. The summed E-state index contributed by atoms with van der Waals surface area (Å²) in [5.41, 5.74) is 3.28. The van der Waals surface area contributed by atoms with Crippen LogP contribution in [0.1, 0.15) is 17.2 Å². The first kappa shape index (κ1) is 17.1. The lowest BCUT2D eigenvalue weighted by molar-refractivity contribution is 0.714. The lowest BCUT2D eigenvalue weighted by atomic mass is 10.2. The molecule has 0 aliphatic rings. The van der Waals surface area contributed by atoms with E-state index in [4.69, 9.17) is 11.6 Å². The Morgan fingerprint density at radius 3 is 2.65 bits per heavy atom. The lowest BCUT2D eigenvalue weighted by Gasteiger charge is -2.04. The van der Waals surface area contributed by atoms with Gasteiger partial charge < -0.3 is 9.55 Å². The molecule has 0 saturated carbocycles. The largest absolute Gasteiger partial charge is 0.342 e. The van der Waals surface area contributed by atoms with Gasteiger partial charge in [-0.25, -0.2) is 4.98 Å². The first-order valence-electron chi connectivity index (χ1n) is 8.38. The first-order valence-corrected chi connectivity index (χ1v) is 9.74. The van der Waals surface area contributed by atoms with Gasteiger partial charge in [0, 0.05) is 30.7 Å². The fourth-order valence-corrected chi connectivity index (χ4v) is 3.78. The molecule has 1 N–H and O–H groups in total. The zero-order chi connectivity index (χ0) is 17.9. The fourth-order valence-electron chi connectivity index (χ4n) is 2.77. The number of fused-ring (bicyclic) bond motifs is 1. The van der Waals surface area contributed by atoms with Gasteiger partial charge in [-0.1, -0.05) is 47.6 Å². The standard InChI is InChI=1S/C19H18ClN5S/c1-25-18(11-10-17-21-15-4-2-3-5-16(15)22-17)23-24-19(25)26-12-13-6-8-14(20)9-7-13/h2-9H,10-12H2,1H3,(H,21,22). The van der Waals surface area contributed by atoms with Crippen LogP contribution in [0.4, 0.5) is 0 Å². The number of hydrogen-bond donors (Lipinski definition) is 1. The molecule has 4 rings (SSSR count). The summed E-state index contributed by atoms with van der Waals surface area (Å²) in [6.07, 6.45) is 1.60. The predicted molar refractivity (Wildman–Crippen MR) is 106 cm³/mol. The number of hydrogen-bond acceptors (Lipinski definition) is 4. The average molecular weight is 384 g/mol. The summed E-state index contributed by atoms with van der Waals surface area (Å²) in [4.78, 5) is 7.98. The number of nitrogens with one attached hydrogen (secondary N) is 1. The molecule has 0 aliphatic heterocycles. The first-order chi connectivity index (χ1) is 12.7. The highest BCUT2D eigenvalue weighted by molar-refractivity contribution is 7.98. The SMILES string of the molecule is Cn1c(CCc2nc3ccccc3[nH]2)nnc1SCc1ccc(Cl)cc1. The molecule has 0 bridgehead atoms. The minimum absolute atomic E-state index is 0.755. The van der Waals surface area contributed by atoms with Crippen molar-refractivity contribution in [2.75, 3.05) is 0 Å². The van der Waals surface area contributed by atoms with Crippen molar-refractivity contribution in [2.45, 2.75) is 23.8 Å². The molecule has 0 spiro atoms. The Balaban J connectivity index is 1.39. The summed E-state index contributed by atoms with van der Waals surface area (Å²) in [5, 5.41) is 10.3. The Kier molecular flexibility index (Phi) is 4.95. The maximum Gasteiger partial charge on any atom is 0.191 e. The van der Waals surface area contributed by atoms with Crippen molar-refractivity contribution in [2.24, 2.45) is 7.05 Å². The van der Waals surface area contributed by atoms with Gasteiger partial charge in [-0.2, -0.15) is 0 Å². The van der Waals surface area contributed by atoms with Crippen LogP contribution in [0.2, 0.25) is 5.02 Å². The minimum atomic E-state index is 0.755. The Labute approximate surface area is 160 Å². The van der Waals surface area contributed by atoms with E-state index in [1.54, 1.807) is 11.8 Å². The highest BCUT2D eigenvalue weighted by Gasteiger charge is 2.11. The molecule has 0 amide bonds. The Morgan fingerprint density at radius 1 is 1.04 bits per heavy atom. The molecule has 2 aromatic heterocycles. The molecule has 0 saturated heterocycles. The van der Waals surface area contributed by atoms with E-state index in [-0.39, 0.29) is 0 Å². The van der Waals surface area contributed by atoms with Crippen LogP contribution in [0.15, 0.2) is 53.7 Å². The second kappa shape index (κ2) is 7.51. The summed E-state index contributed by atoms with van der Waals surface area (Å²) in [6, 6.07) is 16.0. The molecule has 5 nitrogen and oxygen atoms in total. The van der Waals surface area contributed by atoms with Crippen molar-refractivity contribution in [3.63, 3.8) is 0 Å². The highest BCUT2D eigenvalue weighted by atomic mass is 35.5. The minimum Gasteiger partial charge on any atom is -0.342 e. The molecule has 2 heterocycles. The number of aromatic nitrogens is 5. The summed E-state index contributed by atoms with van der Waals surface area (Å²) in [6.45, 7) is 0. The number of aromatic amines is 1. The van der Waals surface area contributed by atoms with Gasteiger partial charge in [0.25, 0.3) is 0 Å². The number of para-hydroxylation sites is 2. The monoisotopic (exact) mass is 383 g/mol. The summed E-state index contributed by atoms with van der Waals surface area (Å²) in [5.74, 6) is 2.78. The molecule has 0 fully saturated rings. The third-order valence-electron chi connectivity index (χ3n) is 4.23. The molecule has 2 aromatic carbocycles. The van der Waals surface area contributed by atoms with Gasteiger partial charge in [-0.3, -0.25) is 0 Å². The summed E-state index contributed by atoms with van der Waals surface area (Å²) < 4.78 is 2.06. The van der Waals surface area contributed by atoms with Crippen LogP contribution in [0.3, 0.4) is 0 Å². The number of thioether (sulfide) groups is 1. The van der Waals surface area contributed by atoms with Crippen molar-refractivity contribution in [3.8, 4) is 0 Å². The predicted octanol–water partition coefficient (Wildman–Crippen LogP) is 4.42. The molecule has 0 radical (unpaired) electrons. The van der Waals surface area contributed by atoms with E-state index in [9.17, 15) is 0 Å². The van der Waals surface area contributed by atoms with Gasteiger partial charge in [0.15, 0.2) is 5.16 Å². The van der Waals surface area contributed by atoms with E-state index in [1.165, 1.54) is 5.56 Å². The highest BCUT2D eigenvalue weighted by Crippen LogP contribution is 2.22. The van der Waals surface area contributed by atoms with Crippen LogP contribution in [0, 0.1) is 0 Å². The van der Waals surface area contributed by atoms with Crippen LogP contribution >= 0.6 is 23.4 Å². The Hall–Kier alpha value is -2.31. The number of halogens is 1. The molecule has 26 heavy (non-hydrogen) atoms. The van der Waals surface area contributed by atoms with E-state index >= 15 is 0 Å². The molecule has 0 unspecified atom stereocenters. The number of rotatable bonds is 6. The van der Waals surface area contributed by atoms with Crippen LogP contribution in [0.25, 0.3) is 11.0 Å². The third kappa shape index (κ3) is 3.76. The summed E-state index contributed by atoms with van der Waals surface area (Å²) >= 11 is 7.60. The molecular formula is C19H18ClN5S. The topological polar surface area (TPSA) is 59.4 Å². The van der Waals surface area contributed by atoms with Gasteiger partial charge in [-0.05, 0) is 29.8 Å². The number of H-pyrrole nitrogens is 1. The molecule has 0 aliphatic carbocycles. The normalized spacial score (nSPS) is 11.3. The maximum atomic E-state index is 5.93. The fraction of sp³-hybridized carbons (Fsp3) is 0.211. The smallest absolute Gasteiger partial charge is 0.191 e. The van der Waals surface area contributed by atoms with Crippen molar-refractivity contribution in [1.82, 2.24) is 24.7 Å². The average Bonchev–Trinajstić information content (AvgIpc) is 3.22. The van der Waals surface area contributed by atoms with Crippen LogP contribution in [-0.4, -0.2) is 24.7 Å². The van der Waals surface area contributed by atoms with Crippen LogP contribution in [-0.2, 0) is 25.6 Å². The Morgan fingerprint density at radius 2 is 1.85 bits per heavy atom. The van der Waals surface area contributed by atoms with Crippen molar-refractivity contribution in [1.29, 1.82) is 0 Å². The zero-order valence-corrected chi connectivity index (χ0v) is 15.9. The van der Waals surface area contributed by atoms with E-state index < -0.39 is 0 Å². The molecule has 4 aromatic rings. The van der Waals surface area contributed by atoms with Crippen LogP contribution in [0.5, 0.6) is 0 Å². The van der Waals surface area contributed by atoms with Crippen molar-refractivity contribution in [3.05, 3.63) is 70.8 Å². The number of benzene rings is 2. The van der Waals surface area contributed by atoms with E-state index in [0.717, 1.165) is 51.5 Å².